The SMILES string of the molecule is CCCN(CC1CCCN1)S(=O)(=O)CC(=O)OCC. The van der Waals surface area contributed by atoms with Crippen LogP contribution in [0.3, 0.4) is 0 Å². The first kappa shape index (κ1) is 16.4. The zero-order valence-corrected chi connectivity index (χ0v) is 12.5. The molecule has 0 aromatic heterocycles. The smallest absolute Gasteiger partial charge is 0.322 e. The highest BCUT2D eigenvalue weighted by atomic mass is 32.2. The van der Waals surface area contributed by atoms with Gasteiger partial charge in [-0.1, -0.05) is 6.92 Å². The first-order valence-electron chi connectivity index (χ1n) is 6.86. The Morgan fingerprint density at radius 3 is 2.68 bits per heavy atom. The average Bonchev–Trinajstić information content (AvgIpc) is 2.81. The number of nitrogens with zero attached hydrogens (tertiary/aromatic N) is 1. The molecule has 0 aromatic rings. The molecule has 0 radical (unpaired) electrons. The van der Waals surface area contributed by atoms with Crippen LogP contribution >= 0.6 is 0 Å². The van der Waals surface area contributed by atoms with Gasteiger partial charge in [-0.25, -0.2) is 8.42 Å². The number of sulfonamides is 1. The Hall–Kier alpha value is -0.660. The third kappa shape index (κ3) is 5.46. The highest BCUT2D eigenvalue weighted by Gasteiger charge is 2.28. The van der Waals surface area contributed by atoms with E-state index in [4.69, 9.17) is 4.74 Å². The number of esters is 1. The minimum Gasteiger partial charge on any atom is -0.465 e. The number of hydrogen-bond acceptors (Lipinski definition) is 5. The number of rotatable bonds is 8. The van der Waals surface area contributed by atoms with E-state index in [2.05, 4.69) is 5.32 Å². The number of carbonyl (C=O) groups excluding carboxylic acids is 1. The van der Waals surface area contributed by atoms with Crippen molar-refractivity contribution in [3.05, 3.63) is 0 Å². The Kier molecular flexibility index (Phi) is 6.74. The van der Waals surface area contributed by atoms with Crippen molar-refractivity contribution in [3.63, 3.8) is 0 Å². The zero-order valence-electron chi connectivity index (χ0n) is 11.7. The van der Waals surface area contributed by atoms with Crippen molar-refractivity contribution in [3.8, 4) is 0 Å². The second kappa shape index (κ2) is 7.81. The Balaban J connectivity index is 2.63. The van der Waals surface area contributed by atoms with Gasteiger partial charge in [-0.05, 0) is 32.7 Å². The average molecular weight is 292 g/mol. The van der Waals surface area contributed by atoms with Crippen LogP contribution in [0.15, 0.2) is 0 Å². The summed E-state index contributed by atoms with van der Waals surface area (Å²) in [5.41, 5.74) is 0. The quantitative estimate of drug-likeness (QED) is 0.653. The zero-order chi connectivity index (χ0) is 14.3. The van der Waals surface area contributed by atoms with Crippen molar-refractivity contribution >= 4 is 16.0 Å². The molecule has 1 unspecified atom stereocenters. The fourth-order valence-electron chi connectivity index (χ4n) is 2.19. The van der Waals surface area contributed by atoms with E-state index in [1.807, 2.05) is 6.92 Å². The van der Waals surface area contributed by atoms with E-state index < -0.39 is 21.7 Å². The minimum atomic E-state index is -3.57. The summed E-state index contributed by atoms with van der Waals surface area (Å²) in [7, 11) is -3.57. The Labute approximate surface area is 115 Å². The van der Waals surface area contributed by atoms with Crippen LogP contribution in [-0.2, 0) is 19.6 Å². The van der Waals surface area contributed by atoms with Crippen molar-refractivity contribution in [2.45, 2.75) is 39.2 Å². The van der Waals surface area contributed by atoms with E-state index in [1.165, 1.54) is 4.31 Å². The molecule has 0 bridgehead atoms. The van der Waals surface area contributed by atoms with Crippen LogP contribution in [0.1, 0.15) is 33.1 Å². The van der Waals surface area contributed by atoms with Gasteiger partial charge in [0.2, 0.25) is 10.0 Å². The van der Waals surface area contributed by atoms with Crippen LogP contribution in [0.5, 0.6) is 0 Å². The molecule has 0 aromatic carbocycles. The maximum atomic E-state index is 12.2. The van der Waals surface area contributed by atoms with E-state index >= 15 is 0 Å². The van der Waals surface area contributed by atoms with Gasteiger partial charge >= 0.3 is 5.97 Å². The van der Waals surface area contributed by atoms with Gasteiger partial charge in [-0.15, -0.1) is 0 Å². The fourth-order valence-corrected chi connectivity index (χ4v) is 3.63. The molecule has 1 N–H and O–H groups in total. The van der Waals surface area contributed by atoms with Gasteiger partial charge in [-0.3, -0.25) is 4.79 Å². The summed E-state index contributed by atoms with van der Waals surface area (Å²) in [5, 5.41) is 3.27. The predicted molar refractivity (Wildman–Crippen MR) is 73.3 cm³/mol. The van der Waals surface area contributed by atoms with Gasteiger partial charge in [-0.2, -0.15) is 4.31 Å². The summed E-state index contributed by atoms with van der Waals surface area (Å²) < 4.78 is 30.5. The molecule has 6 nitrogen and oxygen atoms in total. The molecular formula is C12H24N2O4S. The second-order valence-electron chi connectivity index (χ2n) is 4.71. The Morgan fingerprint density at radius 1 is 1.42 bits per heavy atom. The first-order valence-corrected chi connectivity index (χ1v) is 8.47. The third-order valence-corrected chi connectivity index (χ3v) is 4.78. The van der Waals surface area contributed by atoms with E-state index in [0.717, 1.165) is 25.8 Å². The summed E-state index contributed by atoms with van der Waals surface area (Å²) in [4.78, 5) is 11.4. The van der Waals surface area contributed by atoms with Gasteiger partial charge in [0.1, 0.15) is 0 Å². The number of hydrogen-bond donors (Lipinski definition) is 1. The second-order valence-corrected chi connectivity index (χ2v) is 6.68. The Bertz CT molecular complexity index is 377. The maximum absolute atomic E-state index is 12.2. The molecule has 0 saturated carbocycles. The molecule has 19 heavy (non-hydrogen) atoms. The van der Waals surface area contributed by atoms with Gasteiger partial charge in [0.25, 0.3) is 0 Å². The maximum Gasteiger partial charge on any atom is 0.322 e. The molecular weight excluding hydrogens is 268 g/mol. The largest absolute Gasteiger partial charge is 0.465 e. The van der Waals surface area contributed by atoms with Gasteiger partial charge < -0.3 is 10.1 Å². The first-order chi connectivity index (χ1) is 8.99. The van der Waals surface area contributed by atoms with Crippen molar-refractivity contribution in [1.82, 2.24) is 9.62 Å². The van der Waals surface area contributed by atoms with Crippen LogP contribution in [-0.4, -0.2) is 56.7 Å². The lowest BCUT2D eigenvalue weighted by Gasteiger charge is -2.24. The molecule has 1 aliphatic heterocycles. The normalized spacial score (nSPS) is 19.8. The van der Waals surface area contributed by atoms with Crippen LogP contribution in [0.25, 0.3) is 0 Å². The summed E-state index contributed by atoms with van der Waals surface area (Å²) in [6.45, 7) is 5.61. The molecule has 7 heteroatoms. The highest BCUT2D eigenvalue weighted by Crippen LogP contribution is 2.11. The monoisotopic (exact) mass is 292 g/mol. The van der Waals surface area contributed by atoms with Gasteiger partial charge in [0.15, 0.2) is 5.75 Å². The summed E-state index contributed by atoms with van der Waals surface area (Å²) in [6, 6.07) is 0.198. The molecule has 1 aliphatic rings. The molecule has 1 rings (SSSR count). The van der Waals surface area contributed by atoms with Gasteiger partial charge in [0.05, 0.1) is 6.61 Å². The number of carbonyl (C=O) groups is 1. The predicted octanol–water partition coefficient (Wildman–Crippen LogP) is 0.343. The topological polar surface area (TPSA) is 75.7 Å². The summed E-state index contributed by atoms with van der Waals surface area (Å²) in [6.07, 6.45) is 2.78. The minimum absolute atomic E-state index is 0.198. The van der Waals surface area contributed by atoms with Crippen molar-refractivity contribution in [2.24, 2.45) is 0 Å². The molecule has 1 fully saturated rings. The van der Waals surface area contributed by atoms with Crippen LogP contribution in [0.2, 0.25) is 0 Å². The van der Waals surface area contributed by atoms with E-state index in [-0.39, 0.29) is 12.6 Å². The summed E-state index contributed by atoms with van der Waals surface area (Å²) >= 11 is 0. The lowest BCUT2D eigenvalue weighted by Crippen LogP contribution is -2.43. The molecule has 1 heterocycles. The molecule has 0 spiro atoms. The molecule has 1 saturated heterocycles. The highest BCUT2D eigenvalue weighted by molar-refractivity contribution is 7.89. The lowest BCUT2D eigenvalue weighted by molar-refractivity contribution is -0.140. The fraction of sp³-hybridized carbons (Fsp3) is 0.917. The summed E-state index contributed by atoms with van der Waals surface area (Å²) in [5.74, 6) is -1.24. The van der Waals surface area contributed by atoms with Crippen molar-refractivity contribution in [2.75, 3.05) is 32.0 Å². The number of ether oxygens (including phenoxy) is 1. The lowest BCUT2D eigenvalue weighted by atomic mass is 10.2. The van der Waals surface area contributed by atoms with E-state index in [0.29, 0.717) is 13.1 Å². The third-order valence-electron chi connectivity index (χ3n) is 3.06. The number of nitrogens with one attached hydrogen (secondary N) is 1. The van der Waals surface area contributed by atoms with Crippen LogP contribution in [0, 0.1) is 0 Å². The molecule has 0 amide bonds. The molecule has 1 atom stereocenters. The van der Waals surface area contributed by atoms with Gasteiger partial charge in [0, 0.05) is 19.1 Å². The van der Waals surface area contributed by atoms with E-state index in [1.54, 1.807) is 6.92 Å². The van der Waals surface area contributed by atoms with E-state index in [9.17, 15) is 13.2 Å². The molecule has 0 aliphatic carbocycles. The molecule has 112 valence electrons. The van der Waals surface area contributed by atoms with Crippen LogP contribution < -0.4 is 5.32 Å². The van der Waals surface area contributed by atoms with Crippen molar-refractivity contribution < 1.29 is 17.9 Å². The van der Waals surface area contributed by atoms with Crippen molar-refractivity contribution in [1.29, 1.82) is 0 Å². The Morgan fingerprint density at radius 2 is 2.16 bits per heavy atom. The van der Waals surface area contributed by atoms with Crippen LogP contribution in [0.4, 0.5) is 0 Å². The standard InChI is InChI=1S/C12H24N2O4S/c1-3-8-14(9-11-6-5-7-13-11)19(16,17)10-12(15)18-4-2/h11,13H,3-10H2,1-2H3.